The Morgan fingerprint density at radius 3 is 2.69 bits per heavy atom. The lowest BCUT2D eigenvalue weighted by molar-refractivity contribution is 0.129. The normalized spacial score (nSPS) is 16.5. The Labute approximate surface area is 79.2 Å². The summed E-state index contributed by atoms with van der Waals surface area (Å²) in [6, 6.07) is 0.250. The van der Waals surface area contributed by atoms with Gasteiger partial charge in [-0.25, -0.2) is 4.79 Å². The summed E-state index contributed by atoms with van der Waals surface area (Å²) in [7, 11) is 0. The molecule has 1 N–H and O–H groups in total. The minimum absolute atomic E-state index is 0.250. The summed E-state index contributed by atoms with van der Waals surface area (Å²) in [5.41, 5.74) is 0. The van der Waals surface area contributed by atoms with Gasteiger partial charge in [0, 0.05) is 6.04 Å². The average molecular weight is 183 g/mol. The standard InChI is InChI=1S/C10H17NO2/c1-8(2)7-13-10(12)11-9-5-3-4-6-9/h3-4,8-9H,5-7H2,1-2H3,(H,11,12). The number of alkyl carbamates (subject to hydrolysis) is 1. The molecule has 3 nitrogen and oxygen atoms in total. The molecule has 1 rings (SSSR count). The van der Waals surface area contributed by atoms with Crippen LogP contribution < -0.4 is 5.32 Å². The first-order valence-electron chi connectivity index (χ1n) is 4.76. The Morgan fingerprint density at radius 2 is 2.15 bits per heavy atom. The smallest absolute Gasteiger partial charge is 0.407 e. The molecule has 3 heteroatoms. The van der Waals surface area contributed by atoms with Crippen molar-refractivity contribution >= 4 is 6.09 Å². The third-order valence-electron chi connectivity index (χ3n) is 1.88. The number of carbonyl (C=O) groups is 1. The molecular formula is C10H17NO2. The van der Waals surface area contributed by atoms with Crippen LogP contribution in [0, 0.1) is 5.92 Å². The summed E-state index contributed by atoms with van der Waals surface area (Å²) >= 11 is 0. The molecule has 0 aromatic rings. The predicted octanol–water partition coefficient (Wildman–Crippen LogP) is 2.09. The first kappa shape index (κ1) is 10.1. The maximum absolute atomic E-state index is 11.1. The topological polar surface area (TPSA) is 38.3 Å². The number of carbonyl (C=O) groups excluding carboxylic acids is 1. The quantitative estimate of drug-likeness (QED) is 0.680. The Morgan fingerprint density at radius 1 is 1.54 bits per heavy atom. The summed E-state index contributed by atoms with van der Waals surface area (Å²) in [6.45, 7) is 4.53. The van der Waals surface area contributed by atoms with E-state index in [2.05, 4.69) is 17.5 Å². The maximum Gasteiger partial charge on any atom is 0.407 e. The van der Waals surface area contributed by atoms with E-state index in [0.29, 0.717) is 12.5 Å². The van der Waals surface area contributed by atoms with Gasteiger partial charge < -0.3 is 10.1 Å². The first-order valence-corrected chi connectivity index (χ1v) is 4.76. The van der Waals surface area contributed by atoms with Crippen LogP contribution in [0.5, 0.6) is 0 Å². The van der Waals surface area contributed by atoms with Gasteiger partial charge >= 0.3 is 6.09 Å². The molecule has 1 aliphatic rings. The largest absolute Gasteiger partial charge is 0.449 e. The zero-order valence-corrected chi connectivity index (χ0v) is 8.25. The number of ether oxygens (including phenoxy) is 1. The van der Waals surface area contributed by atoms with Gasteiger partial charge in [0.05, 0.1) is 6.61 Å². The Balaban J connectivity index is 2.10. The zero-order chi connectivity index (χ0) is 9.68. The van der Waals surface area contributed by atoms with Crippen LogP contribution in [-0.2, 0) is 4.74 Å². The lowest BCUT2D eigenvalue weighted by atomic mass is 10.2. The van der Waals surface area contributed by atoms with Crippen molar-refractivity contribution in [2.75, 3.05) is 6.61 Å². The van der Waals surface area contributed by atoms with E-state index in [4.69, 9.17) is 4.74 Å². The van der Waals surface area contributed by atoms with Crippen LogP contribution in [0.1, 0.15) is 26.7 Å². The van der Waals surface area contributed by atoms with Gasteiger partial charge in [0.15, 0.2) is 0 Å². The van der Waals surface area contributed by atoms with Crippen LogP contribution in [-0.4, -0.2) is 18.7 Å². The van der Waals surface area contributed by atoms with E-state index in [9.17, 15) is 4.79 Å². The molecule has 0 heterocycles. The molecule has 13 heavy (non-hydrogen) atoms. The van der Waals surface area contributed by atoms with Crippen LogP contribution in [0.15, 0.2) is 12.2 Å². The monoisotopic (exact) mass is 183 g/mol. The van der Waals surface area contributed by atoms with Crippen LogP contribution in [0.25, 0.3) is 0 Å². The first-order chi connectivity index (χ1) is 6.18. The Kier molecular flexibility index (Phi) is 3.80. The van der Waals surface area contributed by atoms with E-state index < -0.39 is 0 Å². The van der Waals surface area contributed by atoms with E-state index in [0.717, 1.165) is 12.8 Å². The average Bonchev–Trinajstić information content (AvgIpc) is 2.53. The van der Waals surface area contributed by atoms with Crippen molar-refractivity contribution in [3.05, 3.63) is 12.2 Å². The fourth-order valence-electron chi connectivity index (χ4n) is 1.19. The van der Waals surface area contributed by atoms with Crippen molar-refractivity contribution in [1.29, 1.82) is 0 Å². The summed E-state index contributed by atoms with van der Waals surface area (Å²) in [4.78, 5) is 11.1. The second-order valence-electron chi connectivity index (χ2n) is 3.78. The van der Waals surface area contributed by atoms with Crippen LogP contribution in [0.4, 0.5) is 4.79 Å². The van der Waals surface area contributed by atoms with Gasteiger partial charge in [-0.1, -0.05) is 26.0 Å². The number of hydrogen-bond donors (Lipinski definition) is 1. The molecule has 1 aliphatic carbocycles. The van der Waals surface area contributed by atoms with E-state index in [1.165, 1.54) is 0 Å². The summed E-state index contributed by atoms with van der Waals surface area (Å²) in [5, 5.41) is 2.81. The summed E-state index contributed by atoms with van der Waals surface area (Å²) in [5.74, 6) is 0.396. The second kappa shape index (κ2) is 4.90. The van der Waals surface area contributed by atoms with Crippen molar-refractivity contribution < 1.29 is 9.53 Å². The van der Waals surface area contributed by atoms with Crippen LogP contribution in [0.2, 0.25) is 0 Å². The molecule has 0 fully saturated rings. The summed E-state index contributed by atoms with van der Waals surface area (Å²) < 4.78 is 4.99. The van der Waals surface area contributed by atoms with E-state index >= 15 is 0 Å². The SMILES string of the molecule is CC(C)COC(=O)NC1CC=CC1. The number of hydrogen-bond acceptors (Lipinski definition) is 2. The molecule has 0 atom stereocenters. The molecule has 0 radical (unpaired) electrons. The molecule has 74 valence electrons. The maximum atomic E-state index is 11.1. The van der Waals surface area contributed by atoms with Crippen LogP contribution >= 0.6 is 0 Å². The number of rotatable bonds is 3. The lowest BCUT2D eigenvalue weighted by Gasteiger charge is -2.13. The van der Waals surface area contributed by atoms with Crippen LogP contribution in [0.3, 0.4) is 0 Å². The summed E-state index contributed by atoms with van der Waals surface area (Å²) in [6.07, 6.45) is 5.72. The molecule has 0 spiro atoms. The fraction of sp³-hybridized carbons (Fsp3) is 0.700. The zero-order valence-electron chi connectivity index (χ0n) is 8.25. The van der Waals surface area contributed by atoms with Crippen molar-refractivity contribution in [1.82, 2.24) is 5.32 Å². The highest BCUT2D eigenvalue weighted by Crippen LogP contribution is 2.09. The molecule has 1 amide bonds. The molecular weight excluding hydrogens is 166 g/mol. The number of nitrogens with one attached hydrogen (secondary N) is 1. The van der Waals surface area contributed by atoms with Gasteiger partial charge in [-0.15, -0.1) is 0 Å². The fourth-order valence-corrected chi connectivity index (χ4v) is 1.19. The Hall–Kier alpha value is -0.990. The minimum Gasteiger partial charge on any atom is -0.449 e. The lowest BCUT2D eigenvalue weighted by Crippen LogP contribution is -2.33. The van der Waals surface area contributed by atoms with Gasteiger partial charge in [0.25, 0.3) is 0 Å². The molecule has 0 aromatic carbocycles. The second-order valence-corrected chi connectivity index (χ2v) is 3.78. The molecule has 0 bridgehead atoms. The molecule has 0 unspecified atom stereocenters. The van der Waals surface area contributed by atoms with E-state index in [-0.39, 0.29) is 12.1 Å². The van der Waals surface area contributed by atoms with Crippen molar-refractivity contribution in [2.24, 2.45) is 5.92 Å². The minimum atomic E-state index is -0.289. The predicted molar refractivity (Wildman–Crippen MR) is 51.5 cm³/mol. The molecule has 0 saturated heterocycles. The highest BCUT2D eigenvalue weighted by atomic mass is 16.5. The van der Waals surface area contributed by atoms with Crippen molar-refractivity contribution in [3.8, 4) is 0 Å². The molecule has 0 aromatic heterocycles. The number of amides is 1. The Bertz CT molecular complexity index is 191. The van der Waals surface area contributed by atoms with Gasteiger partial charge in [0.1, 0.15) is 0 Å². The molecule has 0 saturated carbocycles. The highest BCUT2D eigenvalue weighted by Gasteiger charge is 2.13. The molecule has 0 aliphatic heterocycles. The van der Waals surface area contributed by atoms with E-state index in [1.807, 2.05) is 13.8 Å². The third-order valence-corrected chi connectivity index (χ3v) is 1.88. The van der Waals surface area contributed by atoms with Gasteiger partial charge in [-0.05, 0) is 18.8 Å². The highest BCUT2D eigenvalue weighted by molar-refractivity contribution is 5.67. The third kappa shape index (κ3) is 3.97. The van der Waals surface area contributed by atoms with Gasteiger partial charge in [-0.2, -0.15) is 0 Å². The van der Waals surface area contributed by atoms with Crippen molar-refractivity contribution in [2.45, 2.75) is 32.7 Å². The van der Waals surface area contributed by atoms with E-state index in [1.54, 1.807) is 0 Å². The van der Waals surface area contributed by atoms with Gasteiger partial charge in [-0.3, -0.25) is 0 Å². The van der Waals surface area contributed by atoms with Crippen molar-refractivity contribution in [3.63, 3.8) is 0 Å². The van der Waals surface area contributed by atoms with Gasteiger partial charge in [0.2, 0.25) is 0 Å².